The summed E-state index contributed by atoms with van der Waals surface area (Å²) in [7, 11) is 0. The van der Waals surface area contributed by atoms with Crippen LogP contribution >= 0.6 is 11.3 Å². The highest BCUT2D eigenvalue weighted by Gasteiger charge is 2.12. The van der Waals surface area contributed by atoms with Crippen LogP contribution < -0.4 is 10.6 Å². The summed E-state index contributed by atoms with van der Waals surface area (Å²) in [5, 5.41) is 9.07. The van der Waals surface area contributed by atoms with Crippen molar-refractivity contribution in [2.75, 3.05) is 11.9 Å². The Bertz CT molecular complexity index is 580. The molecule has 0 bridgehead atoms. The predicted molar refractivity (Wildman–Crippen MR) is 76.5 cm³/mol. The van der Waals surface area contributed by atoms with Crippen molar-refractivity contribution in [1.29, 1.82) is 0 Å². The minimum absolute atomic E-state index is 0.0384. The normalized spacial score (nSPS) is 13.5. The van der Waals surface area contributed by atoms with E-state index in [0.29, 0.717) is 6.54 Å². The van der Waals surface area contributed by atoms with E-state index in [9.17, 15) is 4.79 Å². The molecule has 4 nitrogen and oxygen atoms in total. The summed E-state index contributed by atoms with van der Waals surface area (Å²) in [5.74, 6) is -0.0384. The van der Waals surface area contributed by atoms with Gasteiger partial charge in [0.1, 0.15) is 5.01 Å². The van der Waals surface area contributed by atoms with Crippen molar-refractivity contribution in [1.82, 2.24) is 10.3 Å². The van der Waals surface area contributed by atoms with Crippen LogP contribution in [0.15, 0.2) is 29.8 Å². The molecule has 5 heteroatoms. The number of aromatic nitrogens is 1. The first-order valence-corrected chi connectivity index (χ1v) is 7.24. The fraction of sp³-hybridized carbons (Fsp3) is 0.286. The van der Waals surface area contributed by atoms with Crippen molar-refractivity contribution in [3.05, 3.63) is 45.9 Å². The van der Waals surface area contributed by atoms with Gasteiger partial charge in [-0.2, -0.15) is 0 Å². The Kier molecular flexibility index (Phi) is 3.46. The van der Waals surface area contributed by atoms with E-state index in [-0.39, 0.29) is 5.91 Å². The summed E-state index contributed by atoms with van der Waals surface area (Å²) in [6.45, 7) is 1.51. The van der Waals surface area contributed by atoms with Crippen molar-refractivity contribution >= 4 is 22.9 Å². The second-order valence-corrected chi connectivity index (χ2v) is 5.49. The molecular formula is C14H15N3OS. The maximum Gasteiger partial charge on any atom is 0.251 e. The molecule has 0 unspecified atom stereocenters. The number of amides is 1. The Morgan fingerprint density at radius 2 is 2.42 bits per heavy atom. The second kappa shape index (κ2) is 5.40. The third-order valence-electron chi connectivity index (χ3n) is 3.19. The Labute approximate surface area is 115 Å². The number of thiazole rings is 1. The van der Waals surface area contributed by atoms with E-state index in [1.807, 2.05) is 23.6 Å². The molecule has 2 heterocycles. The highest BCUT2D eigenvalue weighted by Crippen LogP contribution is 2.22. The first-order valence-electron chi connectivity index (χ1n) is 6.36. The molecule has 98 valence electrons. The number of aryl methyl sites for hydroxylation is 1. The highest BCUT2D eigenvalue weighted by molar-refractivity contribution is 7.09. The number of rotatable bonds is 3. The van der Waals surface area contributed by atoms with Gasteiger partial charge in [0.05, 0.1) is 6.54 Å². The summed E-state index contributed by atoms with van der Waals surface area (Å²) >= 11 is 1.55. The quantitative estimate of drug-likeness (QED) is 0.903. The van der Waals surface area contributed by atoms with E-state index < -0.39 is 0 Å². The standard InChI is InChI=1S/C14H15N3OS/c18-14(17-9-13-16-6-7-19-13)11-3-4-12-10(8-11)2-1-5-15-12/h3-4,6-8,15H,1-2,5,9H2,(H,17,18). The third-order valence-corrected chi connectivity index (χ3v) is 3.97. The van der Waals surface area contributed by atoms with Crippen LogP contribution in [0.1, 0.15) is 27.3 Å². The van der Waals surface area contributed by atoms with Crippen LogP contribution in [0.4, 0.5) is 5.69 Å². The number of carbonyl (C=O) groups is 1. The molecule has 2 aromatic rings. The fourth-order valence-corrected chi connectivity index (χ4v) is 2.77. The number of hydrogen-bond donors (Lipinski definition) is 2. The van der Waals surface area contributed by atoms with Crippen molar-refractivity contribution in [3.8, 4) is 0 Å². The number of nitrogens with zero attached hydrogens (tertiary/aromatic N) is 1. The van der Waals surface area contributed by atoms with Gasteiger partial charge in [0, 0.05) is 29.4 Å². The highest BCUT2D eigenvalue weighted by atomic mass is 32.1. The topological polar surface area (TPSA) is 54.0 Å². The third kappa shape index (κ3) is 2.76. The van der Waals surface area contributed by atoms with Gasteiger partial charge in [-0.3, -0.25) is 4.79 Å². The Morgan fingerprint density at radius 3 is 3.26 bits per heavy atom. The molecule has 0 saturated heterocycles. The molecule has 3 rings (SSSR count). The smallest absolute Gasteiger partial charge is 0.251 e. The first-order chi connectivity index (χ1) is 9.33. The lowest BCUT2D eigenvalue weighted by atomic mass is 10.0. The summed E-state index contributed by atoms with van der Waals surface area (Å²) in [6.07, 6.45) is 3.91. The number of fused-ring (bicyclic) bond motifs is 1. The number of benzene rings is 1. The lowest BCUT2D eigenvalue weighted by Crippen LogP contribution is -2.23. The molecule has 0 aliphatic carbocycles. The Balaban J connectivity index is 1.69. The average Bonchev–Trinajstić information content (AvgIpc) is 2.97. The molecule has 0 spiro atoms. The van der Waals surface area contributed by atoms with Gasteiger partial charge < -0.3 is 10.6 Å². The predicted octanol–water partition coefficient (Wildman–Crippen LogP) is 2.43. The van der Waals surface area contributed by atoms with E-state index in [0.717, 1.165) is 35.6 Å². The van der Waals surface area contributed by atoms with Gasteiger partial charge in [0.15, 0.2) is 0 Å². The zero-order valence-corrected chi connectivity index (χ0v) is 11.3. The first kappa shape index (κ1) is 12.2. The van der Waals surface area contributed by atoms with Gasteiger partial charge in [-0.05, 0) is 36.6 Å². The van der Waals surface area contributed by atoms with Crippen molar-refractivity contribution < 1.29 is 4.79 Å². The molecule has 0 atom stereocenters. The maximum atomic E-state index is 12.1. The molecule has 1 aliphatic heterocycles. The maximum absolute atomic E-state index is 12.1. The molecule has 1 aromatic carbocycles. The van der Waals surface area contributed by atoms with Crippen LogP contribution in [0.2, 0.25) is 0 Å². The molecule has 0 fully saturated rings. The second-order valence-electron chi connectivity index (χ2n) is 4.51. The molecule has 1 amide bonds. The SMILES string of the molecule is O=C(NCc1nccs1)c1ccc2c(c1)CCCN2. The van der Waals surface area contributed by atoms with E-state index in [1.54, 1.807) is 17.5 Å². The molecule has 0 saturated carbocycles. The van der Waals surface area contributed by atoms with Gasteiger partial charge >= 0.3 is 0 Å². The lowest BCUT2D eigenvalue weighted by molar-refractivity contribution is 0.0951. The van der Waals surface area contributed by atoms with Crippen molar-refractivity contribution in [3.63, 3.8) is 0 Å². The van der Waals surface area contributed by atoms with Crippen LogP contribution in [-0.4, -0.2) is 17.4 Å². The Hall–Kier alpha value is -1.88. The van der Waals surface area contributed by atoms with Gasteiger partial charge in [-0.15, -0.1) is 11.3 Å². The monoisotopic (exact) mass is 273 g/mol. The van der Waals surface area contributed by atoms with E-state index in [2.05, 4.69) is 15.6 Å². The number of anilines is 1. The minimum atomic E-state index is -0.0384. The van der Waals surface area contributed by atoms with Crippen molar-refractivity contribution in [2.24, 2.45) is 0 Å². The molecule has 2 N–H and O–H groups in total. The molecular weight excluding hydrogens is 258 g/mol. The molecule has 19 heavy (non-hydrogen) atoms. The number of hydrogen-bond acceptors (Lipinski definition) is 4. The summed E-state index contributed by atoms with van der Waals surface area (Å²) < 4.78 is 0. The van der Waals surface area contributed by atoms with Crippen molar-refractivity contribution in [2.45, 2.75) is 19.4 Å². The number of carbonyl (C=O) groups excluding carboxylic acids is 1. The summed E-state index contributed by atoms with van der Waals surface area (Å²) in [6, 6.07) is 5.85. The van der Waals surface area contributed by atoms with E-state index >= 15 is 0 Å². The Morgan fingerprint density at radius 1 is 1.47 bits per heavy atom. The molecule has 1 aliphatic rings. The average molecular weight is 273 g/mol. The van der Waals surface area contributed by atoms with E-state index in [1.165, 1.54) is 5.56 Å². The zero-order valence-electron chi connectivity index (χ0n) is 10.5. The fourth-order valence-electron chi connectivity index (χ4n) is 2.21. The van der Waals surface area contributed by atoms with Gasteiger partial charge in [-0.25, -0.2) is 4.98 Å². The minimum Gasteiger partial charge on any atom is -0.385 e. The van der Waals surface area contributed by atoms with Gasteiger partial charge in [0.25, 0.3) is 5.91 Å². The summed E-state index contributed by atoms with van der Waals surface area (Å²) in [4.78, 5) is 16.2. The van der Waals surface area contributed by atoms with Crippen LogP contribution in [0.25, 0.3) is 0 Å². The van der Waals surface area contributed by atoms with E-state index in [4.69, 9.17) is 0 Å². The summed E-state index contributed by atoms with van der Waals surface area (Å²) in [5.41, 5.74) is 3.11. The zero-order chi connectivity index (χ0) is 13.1. The van der Waals surface area contributed by atoms with Gasteiger partial charge in [-0.1, -0.05) is 0 Å². The molecule has 0 radical (unpaired) electrons. The number of nitrogens with one attached hydrogen (secondary N) is 2. The van der Waals surface area contributed by atoms with Crippen LogP contribution in [-0.2, 0) is 13.0 Å². The van der Waals surface area contributed by atoms with Crippen LogP contribution in [0.3, 0.4) is 0 Å². The molecule has 1 aromatic heterocycles. The van der Waals surface area contributed by atoms with Gasteiger partial charge in [0.2, 0.25) is 0 Å². The lowest BCUT2D eigenvalue weighted by Gasteiger charge is -2.18. The van der Waals surface area contributed by atoms with Crippen LogP contribution in [0, 0.1) is 0 Å². The largest absolute Gasteiger partial charge is 0.385 e. The van der Waals surface area contributed by atoms with Crippen LogP contribution in [0.5, 0.6) is 0 Å².